The summed E-state index contributed by atoms with van der Waals surface area (Å²) in [5.41, 5.74) is 1.13. The molecule has 0 aliphatic carbocycles. The molecule has 0 saturated carbocycles. The maximum Gasteiger partial charge on any atom is 0.283 e. The van der Waals surface area contributed by atoms with Gasteiger partial charge in [-0.3, -0.25) is 14.4 Å². The van der Waals surface area contributed by atoms with Gasteiger partial charge in [-0.25, -0.2) is 0 Å². The smallest absolute Gasteiger partial charge is 0.283 e. The largest absolute Gasteiger partial charge is 0.329 e. The molecule has 146 valence electrons. The average molecular weight is 502 g/mol. The van der Waals surface area contributed by atoms with Crippen molar-refractivity contribution in [1.29, 1.82) is 0 Å². The van der Waals surface area contributed by atoms with E-state index in [1.165, 1.54) is 4.88 Å². The minimum Gasteiger partial charge on any atom is -0.329 e. The molecular weight excluding hydrogens is 479 g/mol. The SMILES string of the molecule is CN(C)C/C=C/C(=O)N1CCN(c2cc3c(s2)CCN(C(=O)I)C3)C(=O)C1. The van der Waals surface area contributed by atoms with Crippen molar-refractivity contribution in [2.75, 3.05) is 51.7 Å². The molecule has 2 aliphatic rings. The second kappa shape index (κ2) is 8.70. The highest BCUT2D eigenvalue weighted by Crippen LogP contribution is 2.35. The molecule has 3 heterocycles. The Kier molecular flexibility index (Phi) is 6.53. The Hall–Kier alpha value is -1.46. The second-order valence-electron chi connectivity index (χ2n) is 6.93. The van der Waals surface area contributed by atoms with E-state index in [1.807, 2.05) is 58.6 Å². The number of piperazine rings is 1. The van der Waals surface area contributed by atoms with Crippen molar-refractivity contribution in [2.45, 2.75) is 13.0 Å². The number of hydrogen-bond donors (Lipinski definition) is 0. The van der Waals surface area contributed by atoms with Crippen LogP contribution in [0.3, 0.4) is 0 Å². The Labute approximate surface area is 176 Å². The Balaban J connectivity index is 1.62. The first-order valence-corrected chi connectivity index (χ1v) is 10.7. The Morgan fingerprint density at radius 3 is 2.67 bits per heavy atom. The van der Waals surface area contributed by atoms with Gasteiger partial charge in [-0.15, -0.1) is 11.3 Å². The van der Waals surface area contributed by atoms with Gasteiger partial charge in [-0.2, -0.15) is 0 Å². The maximum absolute atomic E-state index is 12.6. The average Bonchev–Trinajstić information content (AvgIpc) is 3.03. The van der Waals surface area contributed by atoms with E-state index in [4.69, 9.17) is 0 Å². The van der Waals surface area contributed by atoms with Crippen LogP contribution in [0.2, 0.25) is 0 Å². The molecule has 2 aliphatic heterocycles. The molecule has 9 heteroatoms. The lowest BCUT2D eigenvalue weighted by molar-refractivity contribution is -0.133. The lowest BCUT2D eigenvalue weighted by Crippen LogP contribution is -2.51. The number of thiophene rings is 1. The molecule has 1 saturated heterocycles. The van der Waals surface area contributed by atoms with Crippen LogP contribution in [-0.2, 0) is 22.6 Å². The summed E-state index contributed by atoms with van der Waals surface area (Å²) in [6.45, 7) is 3.16. The first kappa shape index (κ1) is 20.3. The summed E-state index contributed by atoms with van der Waals surface area (Å²) in [5.74, 6) is -0.178. The third kappa shape index (κ3) is 4.88. The van der Waals surface area contributed by atoms with Crippen LogP contribution in [0.15, 0.2) is 18.2 Å². The van der Waals surface area contributed by atoms with Gasteiger partial charge in [0.1, 0.15) is 6.54 Å². The molecule has 0 aromatic carbocycles. The zero-order chi connectivity index (χ0) is 19.6. The molecule has 0 bridgehead atoms. The molecule has 1 fully saturated rings. The van der Waals surface area contributed by atoms with Gasteiger partial charge in [-0.05, 0) is 32.1 Å². The fourth-order valence-electron chi connectivity index (χ4n) is 3.16. The van der Waals surface area contributed by atoms with Crippen LogP contribution in [-0.4, -0.2) is 77.2 Å². The zero-order valence-electron chi connectivity index (χ0n) is 15.5. The first-order valence-electron chi connectivity index (χ1n) is 8.81. The van der Waals surface area contributed by atoms with Crippen LogP contribution >= 0.6 is 33.9 Å². The standard InChI is InChI=1S/C18H23IN4O3S/c1-20(2)6-3-4-15(24)21-8-9-23(16(25)12-21)17-10-13-11-22(18(19)26)7-5-14(13)27-17/h3-4,10H,5-9,11-12H2,1-2H3/b4-3+. The minimum absolute atomic E-state index is 0.0523. The van der Waals surface area contributed by atoms with Crippen LogP contribution in [0.4, 0.5) is 9.80 Å². The fraction of sp³-hybridized carbons (Fsp3) is 0.500. The lowest BCUT2D eigenvalue weighted by Gasteiger charge is -2.33. The highest BCUT2D eigenvalue weighted by atomic mass is 127. The number of hydrogen-bond acceptors (Lipinski definition) is 5. The quantitative estimate of drug-likeness (QED) is 0.274. The number of nitrogens with zero attached hydrogens (tertiary/aromatic N) is 4. The van der Waals surface area contributed by atoms with Crippen molar-refractivity contribution >= 4 is 54.7 Å². The van der Waals surface area contributed by atoms with Crippen LogP contribution in [0, 0.1) is 0 Å². The first-order chi connectivity index (χ1) is 12.8. The Bertz CT molecular complexity index is 777. The van der Waals surface area contributed by atoms with Crippen LogP contribution in [0.1, 0.15) is 10.4 Å². The highest BCUT2D eigenvalue weighted by molar-refractivity contribution is 14.1. The van der Waals surface area contributed by atoms with Gasteiger partial charge < -0.3 is 19.6 Å². The van der Waals surface area contributed by atoms with Crippen molar-refractivity contribution in [2.24, 2.45) is 0 Å². The van der Waals surface area contributed by atoms with Crippen LogP contribution in [0.5, 0.6) is 0 Å². The third-order valence-corrected chi connectivity index (χ3v) is 6.57. The fourth-order valence-corrected chi connectivity index (χ4v) is 4.78. The minimum atomic E-state index is -0.119. The number of anilines is 1. The van der Waals surface area contributed by atoms with E-state index in [1.54, 1.807) is 27.2 Å². The van der Waals surface area contributed by atoms with Gasteiger partial charge in [0.05, 0.1) is 5.00 Å². The van der Waals surface area contributed by atoms with Gasteiger partial charge in [0.25, 0.3) is 3.91 Å². The number of carbonyl (C=O) groups excluding carboxylic acids is 3. The summed E-state index contributed by atoms with van der Waals surface area (Å²) >= 11 is 3.44. The molecule has 0 radical (unpaired) electrons. The normalized spacial score (nSPS) is 17.8. The van der Waals surface area contributed by atoms with Crippen LogP contribution < -0.4 is 4.90 Å². The van der Waals surface area contributed by atoms with E-state index in [0.29, 0.717) is 26.2 Å². The number of rotatable bonds is 4. The molecular formula is C18H23IN4O3S. The summed E-state index contributed by atoms with van der Waals surface area (Å²) in [6.07, 6.45) is 4.19. The Morgan fingerprint density at radius 1 is 1.22 bits per heavy atom. The molecule has 1 aromatic rings. The van der Waals surface area contributed by atoms with E-state index >= 15 is 0 Å². The van der Waals surface area contributed by atoms with Gasteiger partial charge in [0.15, 0.2) is 0 Å². The van der Waals surface area contributed by atoms with E-state index in [-0.39, 0.29) is 22.3 Å². The predicted molar refractivity (Wildman–Crippen MR) is 114 cm³/mol. The summed E-state index contributed by atoms with van der Waals surface area (Å²) in [5, 5.41) is 0.919. The van der Waals surface area contributed by atoms with Crippen molar-refractivity contribution in [1.82, 2.24) is 14.7 Å². The summed E-state index contributed by atoms with van der Waals surface area (Å²) < 4.78 is 0.0523. The molecule has 1 aromatic heterocycles. The molecule has 0 N–H and O–H groups in total. The molecule has 3 amide bonds. The molecule has 3 rings (SSSR count). The molecule has 7 nitrogen and oxygen atoms in total. The predicted octanol–water partition coefficient (Wildman–Crippen LogP) is 1.95. The summed E-state index contributed by atoms with van der Waals surface area (Å²) in [7, 11) is 3.87. The number of halogens is 1. The lowest BCUT2D eigenvalue weighted by atomic mass is 10.1. The van der Waals surface area contributed by atoms with Gasteiger partial charge in [0.2, 0.25) is 11.8 Å². The molecule has 0 atom stereocenters. The van der Waals surface area contributed by atoms with Crippen molar-refractivity contribution in [3.05, 3.63) is 28.7 Å². The number of carbonyl (C=O) groups is 3. The highest BCUT2D eigenvalue weighted by Gasteiger charge is 2.30. The van der Waals surface area contributed by atoms with E-state index in [2.05, 4.69) is 0 Å². The third-order valence-electron chi connectivity index (χ3n) is 4.63. The van der Waals surface area contributed by atoms with E-state index in [0.717, 1.165) is 23.5 Å². The van der Waals surface area contributed by atoms with Crippen molar-refractivity contribution in [3.8, 4) is 0 Å². The van der Waals surface area contributed by atoms with E-state index < -0.39 is 0 Å². The zero-order valence-corrected chi connectivity index (χ0v) is 18.5. The van der Waals surface area contributed by atoms with Crippen LogP contribution in [0.25, 0.3) is 0 Å². The summed E-state index contributed by atoms with van der Waals surface area (Å²) in [4.78, 5) is 44.8. The number of likely N-dealkylation sites (N-methyl/N-ethyl adjacent to an activating group) is 1. The monoisotopic (exact) mass is 502 g/mol. The molecule has 27 heavy (non-hydrogen) atoms. The Morgan fingerprint density at radius 2 is 2.00 bits per heavy atom. The van der Waals surface area contributed by atoms with Gasteiger partial charge in [0, 0.05) is 66.3 Å². The maximum atomic E-state index is 12.6. The molecule has 0 unspecified atom stereocenters. The van der Waals surface area contributed by atoms with E-state index in [9.17, 15) is 14.4 Å². The number of fused-ring (bicyclic) bond motifs is 1. The topological polar surface area (TPSA) is 64.2 Å². The number of amides is 3. The second-order valence-corrected chi connectivity index (χ2v) is 8.97. The molecule has 0 spiro atoms. The van der Waals surface area contributed by atoms with Gasteiger partial charge >= 0.3 is 0 Å². The van der Waals surface area contributed by atoms with Crippen molar-refractivity contribution in [3.63, 3.8) is 0 Å². The van der Waals surface area contributed by atoms with Crippen molar-refractivity contribution < 1.29 is 14.4 Å². The van der Waals surface area contributed by atoms with Gasteiger partial charge in [-0.1, -0.05) is 6.08 Å². The summed E-state index contributed by atoms with van der Waals surface area (Å²) in [6, 6.07) is 2.03.